The van der Waals surface area contributed by atoms with Crippen LogP contribution in [-0.2, 0) is 5.54 Å². The van der Waals surface area contributed by atoms with E-state index >= 15 is 0 Å². The molecule has 1 aliphatic carbocycles. The van der Waals surface area contributed by atoms with Gasteiger partial charge in [-0.3, -0.25) is 0 Å². The lowest BCUT2D eigenvalue weighted by Gasteiger charge is -2.39. The van der Waals surface area contributed by atoms with Crippen LogP contribution >= 0.6 is 0 Å². The molecule has 1 aromatic rings. The molecule has 0 aromatic heterocycles. The first-order chi connectivity index (χ1) is 8.42. The molecule has 0 unspecified atom stereocenters. The van der Waals surface area contributed by atoms with Crippen LogP contribution in [0.2, 0.25) is 0 Å². The van der Waals surface area contributed by atoms with Gasteiger partial charge < -0.3 is 5.73 Å². The Balaban J connectivity index is 2.18. The Bertz CT molecular complexity index is 421. The average molecular weight is 253 g/mol. The molecule has 1 aliphatic rings. The van der Waals surface area contributed by atoms with Crippen molar-refractivity contribution in [2.75, 3.05) is 0 Å². The van der Waals surface area contributed by atoms with E-state index in [2.05, 4.69) is 13.8 Å². The lowest BCUT2D eigenvalue weighted by molar-refractivity contribution is 0.192. The monoisotopic (exact) mass is 253 g/mol. The number of benzene rings is 1. The van der Waals surface area contributed by atoms with Crippen molar-refractivity contribution in [2.45, 2.75) is 45.1 Å². The fourth-order valence-electron chi connectivity index (χ4n) is 2.98. The number of nitrogens with two attached hydrogens (primary N) is 1. The van der Waals surface area contributed by atoms with E-state index in [-0.39, 0.29) is 0 Å². The molecule has 2 N–H and O–H groups in total. The molecule has 0 atom stereocenters. The summed E-state index contributed by atoms with van der Waals surface area (Å²) < 4.78 is 26.7. The van der Waals surface area contributed by atoms with Crippen molar-refractivity contribution >= 4 is 0 Å². The third-order valence-corrected chi connectivity index (χ3v) is 4.33. The van der Waals surface area contributed by atoms with E-state index in [0.717, 1.165) is 31.7 Å². The Morgan fingerprint density at radius 2 is 1.83 bits per heavy atom. The average Bonchev–Trinajstić information content (AvgIpc) is 2.29. The molecule has 0 amide bonds. The summed E-state index contributed by atoms with van der Waals surface area (Å²) in [4.78, 5) is 0. The van der Waals surface area contributed by atoms with Crippen LogP contribution in [0.15, 0.2) is 18.2 Å². The SMILES string of the molecule is CC(C)C1CCC(N)(c2ccc(F)cc2F)CC1. The van der Waals surface area contributed by atoms with Crippen LogP contribution < -0.4 is 5.73 Å². The maximum Gasteiger partial charge on any atom is 0.131 e. The van der Waals surface area contributed by atoms with Gasteiger partial charge >= 0.3 is 0 Å². The Kier molecular flexibility index (Phi) is 3.71. The molecule has 100 valence electrons. The molecule has 1 saturated carbocycles. The number of rotatable bonds is 2. The van der Waals surface area contributed by atoms with E-state index in [0.29, 0.717) is 17.4 Å². The highest BCUT2D eigenvalue weighted by atomic mass is 19.1. The largest absolute Gasteiger partial charge is 0.321 e. The second-order valence-electron chi connectivity index (χ2n) is 5.86. The summed E-state index contributed by atoms with van der Waals surface area (Å²) in [6.07, 6.45) is 3.59. The zero-order valence-corrected chi connectivity index (χ0v) is 11.0. The van der Waals surface area contributed by atoms with Gasteiger partial charge in [-0.15, -0.1) is 0 Å². The van der Waals surface area contributed by atoms with Crippen LogP contribution in [0.5, 0.6) is 0 Å². The van der Waals surface area contributed by atoms with E-state index in [4.69, 9.17) is 5.73 Å². The van der Waals surface area contributed by atoms with Crippen LogP contribution in [0.25, 0.3) is 0 Å². The smallest absolute Gasteiger partial charge is 0.131 e. The van der Waals surface area contributed by atoms with Gasteiger partial charge in [-0.2, -0.15) is 0 Å². The molecule has 0 saturated heterocycles. The first kappa shape index (κ1) is 13.5. The lowest BCUT2D eigenvalue weighted by atomic mass is 9.70. The molecule has 0 radical (unpaired) electrons. The second kappa shape index (κ2) is 4.96. The van der Waals surface area contributed by atoms with Gasteiger partial charge in [0.2, 0.25) is 0 Å². The quantitative estimate of drug-likeness (QED) is 0.848. The number of hydrogen-bond acceptors (Lipinski definition) is 1. The molecule has 2 rings (SSSR count). The first-order valence-corrected chi connectivity index (χ1v) is 6.67. The minimum absolute atomic E-state index is 0.464. The predicted octanol–water partition coefficient (Wildman–Crippen LogP) is 3.97. The molecule has 0 bridgehead atoms. The van der Waals surface area contributed by atoms with Crippen molar-refractivity contribution in [3.8, 4) is 0 Å². The molecule has 1 fully saturated rings. The minimum Gasteiger partial charge on any atom is -0.321 e. The van der Waals surface area contributed by atoms with Gasteiger partial charge in [-0.1, -0.05) is 19.9 Å². The van der Waals surface area contributed by atoms with Gasteiger partial charge in [0.25, 0.3) is 0 Å². The summed E-state index contributed by atoms with van der Waals surface area (Å²) in [5.41, 5.74) is 6.17. The van der Waals surface area contributed by atoms with Gasteiger partial charge in [0.1, 0.15) is 11.6 Å². The summed E-state index contributed by atoms with van der Waals surface area (Å²) >= 11 is 0. The first-order valence-electron chi connectivity index (χ1n) is 6.67. The molecule has 1 aromatic carbocycles. The van der Waals surface area contributed by atoms with Crippen molar-refractivity contribution in [2.24, 2.45) is 17.6 Å². The second-order valence-corrected chi connectivity index (χ2v) is 5.86. The fraction of sp³-hybridized carbons (Fsp3) is 0.600. The van der Waals surface area contributed by atoms with Crippen LogP contribution in [0, 0.1) is 23.5 Å². The molecular weight excluding hydrogens is 232 g/mol. The van der Waals surface area contributed by atoms with Crippen LogP contribution in [-0.4, -0.2) is 0 Å². The summed E-state index contributed by atoms with van der Waals surface area (Å²) in [7, 11) is 0. The molecule has 0 aliphatic heterocycles. The van der Waals surface area contributed by atoms with E-state index in [1.54, 1.807) is 0 Å². The van der Waals surface area contributed by atoms with Crippen LogP contribution in [0.4, 0.5) is 8.78 Å². The zero-order chi connectivity index (χ0) is 13.3. The standard InChI is InChI=1S/C15H21F2N/c1-10(2)11-5-7-15(18,8-6-11)13-4-3-12(16)9-14(13)17/h3-4,9-11H,5-8,18H2,1-2H3. The van der Waals surface area contributed by atoms with E-state index in [9.17, 15) is 8.78 Å². The molecule has 3 heteroatoms. The highest BCUT2D eigenvalue weighted by Gasteiger charge is 2.35. The van der Waals surface area contributed by atoms with E-state index in [1.807, 2.05) is 0 Å². The normalized spacial score (nSPS) is 28.7. The Morgan fingerprint density at radius 3 is 2.33 bits per heavy atom. The van der Waals surface area contributed by atoms with Gasteiger partial charge in [-0.05, 0) is 43.6 Å². The number of halogens is 2. The molecule has 1 nitrogen and oxygen atoms in total. The summed E-state index contributed by atoms with van der Waals surface area (Å²) in [5, 5.41) is 0. The number of hydrogen-bond donors (Lipinski definition) is 1. The Hall–Kier alpha value is -0.960. The third kappa shape index (κ3) is 2.56. The zero-order valence-electron chi connectivity index (χ0n) is 11.0. The van der Waals surface area contributed by atoms with Crippen molar-refractivity contribution in [3.05, 3.63) is 35.4 Å². The van der Waals surface area contributed by atoms with Gasteiger partial charge in [-0.25, -0.2) is 8.78 Å². The van der Waals surface area contributed by atoms with Crippen LogP contribution in [0.1, 0.15) is 45.1 Å². The van der Waals surface area contributed by atoms with E-state index in [1.165, 1.54) is 12.1 Å². The molecular formula is C15H21F2N. The summed E-state index contributed by atoms with van der Waals surface area (Å²) in [6.45, 7) is 4.43. The third-order valence-electron chi connectivity index (χ3n) is 4.33. The maximum absolute atomic E-state index is 13.8. The van der Waals surface area contributed by atoms with Gasteiger partial charge in [0.15, 0.2) is 0 Å². The summed E-state index contributed by atoms with van der Waals surface area (Å²) in [6, 6.07) is 3.72. The highest BCUT2D eigenvalue weighted by molar-refractivity contribution is 5.27. The molecule has 0 heterocycles. The Labute approximate surface area is 107 Å². The fourth-order valence-corrected chi connectivity index (χ4v) is 2.98. The molecule has 18 heavy (non-hydrogen) atoms. The van der Waals surface area contributed by atoms with Crippen molar-refractivity contribution in [1.82, 2.24) is 0 Å². The lowest BCUT2D eigenvalue weighted by Crippen LogP contribution is -2.42. The Morgan fingerprint density at radius 1 is 1.22 bits per heavy atom. The van der Waals surface area contributed by atoms with E-state index < -0.39 is 17.2 Å². The topological polar surface area (TPSA) is 26.0 Å². The van der Waals surface area contributed by atoms with Crippen LogP contribution in [0.3, 0.4) is 0 Å². The predicted molar refractivity (Wildman–Crippen MR) is 69.0 cm³/mol. The highest BCUT2D eigenvalue weighted by Crippen LogP contribution is 2.40. The van der Waals surface area contributed by atoms with Crippen molar-refractivity contribution < 1.29 is 8.78 Å². The van der Waals surface area contributed by atoms with Gasteiger partial charge in [0.05, 0.1) is 0 Å². The van der Waals surface area contributed by atoms with Crippen molar-refractivity contribution in [3.63, 3.8) is 0 Å². The molecule has 0 spiro atoms. The summed E-state index contributed by atoms with van der Waals surface area (Å²) in [5.74, 6) is 0.258. The van der Waals surface area contributed by atoms with Gasteiger partial charge in [0, 0.05) is 17.2 Å². The minimum atomic E-state index is -0.622. The maximum atomic E-state index is 13.8. The van der Waals surface area contributed by atoms with Crippen molar-refractivity contribution in [1.29, 1.82) is 0 Å².